The molecule has 0 aliphatic heterocycles. The van der Waals surface area contributed by atoms with Crippen LogP contribution in [0.25, 0.3) is 0 Å². The number of methoxy groups -OCH3 is 2. The molecular formula is C19H21BrO5. The van der Waals surface area contributed by atoms with E-state index in [2.05, 4.69) is 15.9 Å². The van der Waals surface area contributed by atoms with E-state index in [9.17, 15) is 4.79 Å². The van der Waals surface area contributed by atoms with E-state index in [0.717, 1.165) is 15.8 Å². The normalized spacial score (nSPS) is 10.2. The Bertz CT molecular complexity index is 702. The van der Waals surface area contributed by atoms with Crippen molar-refractivity contribution in [1.29, 1.82) is 0 Å². The second-order valence-corrected chi connectivity index (χ2v) is 6.13. The highest BCUT2D eigenvalue weighted by molar-refractivity contribution is 9.10. The average molecular weight is 409 g/mol. The van der Waals surface area contributed by atoms with Gasteiger partial charge in [0, 0.05) is 10.9 Å². The van der Waals surface area contributed by atoms with Gasteiger partial charge in [0.1, 0.15) is 19.0 Å². The molecule has 0 aromatic heterocycles. The lowest BCUT2D eigenvalue weighted by Gasteiger charge is -2.10. The van der Waals surface area contributed by atoms with Gasteiger partial charge in [-0.1, -0.05) is 28.1 Å². The van der Waals surface area contributed by atoms with Gasteiger partial charge in [-0.05, 0) is 42.3 Å². The molecule has 2 aromatic rings. The molecule has 0 radical (unpaired) electrons. The Morgan fingerprint density at radius 1 is 1.00 bits per heavy atom. The van der Waals surface area contributed by atoms with Crippen molar-refractivity contribution in [3.63, 3.8) is 0 Å². The Hall–Kier alpha value is -2.21. The third kappa shape index (κ3) is 6.31. The number of benzene rings is 2. The molecule has 0 bridgehead atoms. The van der Waals surface area contributed by atoms with Crippen molar-refractivity contribution in [2.75, 3.05) is 27.4 Å². The molecule has 134 valence electrons. The summed E-state index contributed by atoms with van der Waals surface area (Å²) in [6.45, 7) is 0.538. The summed E-state index contributed by atoms with van der Waals surface area (Å²) in [4.78, 5) is 11.8. The molecule has 25 heavy (non-hydrogen) atoms. The topological polar surface area (TPSA) is 54.0 Å². The number of aryl methyl sites for hydroxylation is 1. The predicted molar refractivity (Wildman–Crippen MR) is 98.5 cm³/mol. The molecule has 5 nitrogen and oxygen atoms in total. The second kappa shape index (κ2) is 9.93. The van der Waals surface area contributed by atoms with Crippen molar-refractivity contribution in [2.45, 2.75) is 12.8 Å². The maximum atomic E-state index is 11.8. The molecule has 0 spiro atoms. The molecule has 0 heterocycles. The van der Waals surface area contributed by atoms with Crippen molar-refractivity contribution >= 4 is 21.9 Å². The van der Waals surface area contributed by atoms with Gasteiger partial charge >= 0.3 is 5.97 Å². The van der Waals surface area contributed by atoms with Gasteiger partial charge in [0.05, 0.1) is 14.2 Å². The van der Waals surface area contributed by atoms with Crippen LogP contribution in [0.1, 0.15) is 12.0 Å². The highest BCUT2D eigenvalue weighted by Gasteiger charge is 2.08. The summed E-state index contributed by atoms with van der Waals surface area (Å²) in [7, 11) is 3.17. The van der Waals surface area contributed by atoms with Crippen LogP contribution in [0, 0.1) is 0 Å². The van der Waals surface area contributed by atoms with Crippen molar-refractivity contribution < 1.29 is 23.7 Å². The van der Waals surface area contributed by atoms with Crippen LogP contribution >= 0.6 is 15.9 Å². The Balaban J connectivity index is 1.70. The van der Waals surface area contributed by atoms with E-state index in [1.165, 1.54) is 0 Å². The summed E-state index contributed by atoms with van der Waals surface area (Å²) < 4.78 is 22.1. The second-order valence-electron chi connectivity index (χ2n) is 5.22. The van der Waals surface area contributed by atoms with E-state index in [1.54, 1.807) is 14.2 Å². The largest absolute Gasteiger partial charge is 0.493 e. The Morgan fingerprint density at radius 3 is 2.52 bits per heavy atom. The highest BCUT2D eigenvalue weighted by Crippen LogP contribution is 2.28. The fourth-order valence-electron chi connectivity index (χ4n) is 2.23. The average Bonchev–Trinajstić information content (AvgIpc) is 2.63. The smallest absolute Gasteiger partial charge is 0.306 e. The molecule has 0 aliphatic rings. The van der Waals surface area contributed by atoms with Gasteiger partial charge in [0.25, 0.3) is 0 Å². The number of carbonyl (C=O) groups excluding carboxylic acids is 1. The summed E-state index contributed by atoms with van der Waals surface area (Å²) in [5.41, 5.74) is 0.986. The first-order valence-electron chi connectivity index (χ1n) is 7.87. The third-order valence-corrected chi connectivity index (χ3v) is 3.97. The molecule has 0 saturated carbocycles. The van der Waals surface area contributed by atoms with Crippen LogP contribution in [0.4, 0.5) is 0 Å². The zero-order valence-corrected chi connectivity index (χ0v) is 15.9. The van der Waals surface area contributed by atoms with Crippen molar-refractivity contribution in [3.05, 3.63) is 52.5 Å². The van der Waals surface area contributed by atoms with Gasteiger partial charge in [-0.3, -0.25) is 4.79 Å². The number of hydrogen-bond acceptors (Lipinski definition) is 5. The van der Waals surface area contributed by atoms with Crippen LogP contribution in [0.3, 0.4) is 0 Å². The first-order valence-corrected chi connectivity index (χ1v) is 8.66. The molecule has 6 heteroatoms. The van der Waals surface area contributed by atoms with Crippen LogP contribution in [-0.4, -0.2) is 33.4 Å². The number of ether oxygens (including phenoxy) is 4. The zero-order valence-electron chi connectivity index (χ0n) is 14.3. The van der Waals surface area contributed by atoms with E-state index in [1.807, 2.05) is 42.5 Å². The number of hydrogen-bond donors (Lipinski definition) is 0. The van der Waals surface area contributed by atoms with Gasteiger partial charge in [0.15, 0.2) is 11.5 Å². The van der Waals surface area contributed by atoms with Crippen LogP contribution in [0.2, 0.25) is 0 Å². The Morgan fingerprint density at radius 2 is 1.80 bits per heavy atom. The summed E-state index contributed by atoms with van der Waals surface area (Å²) >= 11 is 3.37. The minimum Gasteiger partial charge on any atom is -0.493 e. The van der Waals surface area contributed by atoms with Crippen LogP contribution in [-0.2, 0) is 16.0 Å². The van der Waals surface area contributed by atoms with Crippen molar-refractivity contribution in [1.82, 2.24) is 0 Å². The molecule has 0 atom stereocenters. The maximum absolute atomic E-state index is 11.8. The highest BCUT2D eigenvalue weighted by atomic mass is 79.9. The van der Waals surface area contributed by atoms with Gasteiger partial charge < -0.3 is 18.9 Å². The van der Waals surface area contributed by atoms with Crippen molar-refractivity contribution in [2.24, 2.45) is 0 Å². The number of carbonyl (C=O) groups is 1. The Labute approximate surface area is 156 Å². The van der Waals surface area contributed by atoms with E-state index in [-0.39, 0.29) is 12.6 Å². The minimum atomic E-state index is -0.257. The lowest BCUT2D eigenvalue weighted by molar-refractivity contribution is -0.144. The third-order valence-electron chi connectivity index (χ3n) is 3.48. The Kier molecular flexibility index (Phi) is 7.60. The first kappa shape index (κ1) is 19.1. The van der Waals surface area contributed by atoms with E-state index in [4.69, 9.17) is 18.9 Å². The fraction of sp³-hybridized carbons (Fsp3) is 0.316. The molecule has 2 rings (SSSR count). The predicted octanol–water partition coefficient (Wildman–Crippen LogP) is 4.02. The van der Waals surface area contributed by atoms with Gasteiger partial charge in [-0.25, -0.2) is 0 Å². The summed E-state index contributed by atoms with van der Waals surface area (Å²) in [5, 5.41) is 0. The lowest BCUT2D eigenvalue weighted by atomic mass is 10.1. The monoisotopic (exact) mass is 408 g/mol. The summed E-state index contributed by atoms with van der Waals surface area (Å²) in [6, 6.07) is 13.1. The van der Waals surface area contributed by atoms with E-state index in [0.29, 0.717) is 30.9 Å². The summed E-state index contributed by atoms with van der Waals surface area (Å²) in [6.07, 6.45) is 0.873. The van der Waals surface area contributed by atoms with E-state index >= 15 is 0 Å². The number of rotatable bonds is 9. The number of esters is 1. The molecule has 0 N–H and O–H groups in total. The number of halogens is 1. The van der Waals surface area contributed by atoms with Crippen LogP contribution in [0.15, 0.2) is 46.9 Å². The summed E-state index contributed by atoms with van der Waals surface area (Å²) in [5.74, 6) is 1.79. The molecule has 0 aliphatic carbocycles. The molecule has 0 fully saturated rings. The molecule has 2 aromatic carbocycles. The van der Waals surface area contributed by atoms with Gasteiger partial charge in [-0.15, -0.1) is 0 Å². The van der Waals surface area contributed by atoms with Crippen molar-refractivity contribution in [3.8, 4) is 17.2 Å². The minimum absolute atomic E-state index is 0.220. The molecule has 0 saturated heterocycles. The van der Waals surface area contributed by atoms with E-state index < -0.39 is 0 Å². The first-order chi connectivity index (χ1) is 12.1. The van der Waals surface area contributed by atoms with Gasteiger partial charge in [-0.2, -0.15) is 0 Å². The van der Waals surface area contributed by atoms with Gasteiger partial charge in [0.2, 0.25) is 0 Å². The molecule has 0 unspecified atom stereocenters. The quantitative estimate of drug-likeness (QED) is 0.463. The lowest BCUT2D eigenvalue weighted by Crippen LogP contribution is -2.12. The maximum Gasteiger partial charge on any atom is 0.306 e. The van der Waals surface area contributed by atoms with Crippen LogP contribution < -0.4 is 14.2 Å². The molecular weight excluding hydrogens is 388 g/mol. The standard InChI is InChI=1S/C19H21BrO5/c1-22-17-8-6-14(12-18(17)23-2)7-9-19(21)25-11-10-24-16-5-3-4-15(20)13-16/h3-6,8,12-13H,7,9-11H2,1-2H3. The fourth-order valence-corrected chi connectivity index (χ4v) is 2.60. The SMILES string of the molecule is COc1ccc(CCC(=O)OCCOc2cccc(Br)c2)cc1OC. The zero-order chi connectivity index (χ0) is 18.1. The molecule has 0 amide bonds. The van der Waals surface area contributed by atoms with Crippen LogP contribution in [0.5, 0.6) is 17.2 Å².